The topological polar surface area (TPSA) is 28.2 Å². The fourth-order valence-electron chi connectivity index (χ4n) is 2.36. The van der Waals surface area contributed by atoms with Crippen molar-refractivity contribution in [2.24, 2.45) is 0 Å². The predicted molar refractivity (Wildman–Crippen MR) is 81.7 cm³/mol. The summed E-state index contributed by atoms with van der Waals surface area (Å²) in [6.07, 6.45) is 6.06. The number of nitrogens with zero attached hydrogens (tertiary/aromatic N) is 2. The second kappa shape index (κ2) is 6.90. The van der Waals surface area contributed by atoms with Crippen molar-refractivity contribution >= 4 is 5.82 Å². The number of hydrogen-bond donors (Lipinski definition) is 1. The molecule has 3 nitrogen and oxygen atoms in total. The van der Waals surface area contributed by atoms with Gasteiger partial charge in [0.25, 0.3) is 0 Å². The molecule has 0 atom stereocenters. The van der Waals surface area contributed by atoms with Gasteiger partial charge < -0.3 is 10.2 Å². The second-order valence-corrected chi connectivity index (χ2v) is 5.59. The largest absolute Gasteiger partial charge is 0.357 e. The van der Waals surface area contributed by atoms with Crippen LogP contribution in [0.4, 0.5) is 5.82 Å². The average molecular weight is 261 g/mol. The monoisotopic (exact) mass is 261 g/mol. The molecular formula is C16H27N3. The molecule has 0 bridgehead atoms. The molecule has 1 aliphatic carbocycles. The molecule has 0 unspecified atom stereocenters. The first kappa shape index (κ1) is 14.3. The van der Waals surface area contributed by atoms with Crippen LogP contribution in [0.2, 0.25) is 0 Å². The van der Waals surface area contributed by atoms with Gasteiger partial charge in [0.15, 0.2) is 0 Å². The summed E-state index contributed by atoms with van der Waals surface area (Å²) in [5.41, 5.74) is 2.61. The van der Waals surface area contributed by atoms with Crippen LogP contribution in [0.15, 0.2) is 12.1 Å². The van der Waals surface area contributed by atoms with E-state index in [1.54, 1.807) is 0 Å². The van der Waals surface area contributed by atoms with Gasteiger partial charge in [0.05, 0.1) is 0 Å². The summed E-state index contributed by atoms with van der Waals surface area (Å²) in [5, 5.41) is 3.49. The van der Waals surface area contributed by atoms with E-state index in [9.17, 15) is 0 Å². The highest BCUT2D eigenvalue weighted by molar-refractivity contribution is 5.44. The fraction of sp³-hybridized carbons (Fsp3) is 0.688. The summed E-state index contributed by atoms with van der Waals surface area (Å²) in [5.74, 6) is 1.15. The molecule has 2 rings (SSSR count). The lowest BCUT2D eigenvalue weighted by Crippen LogP contribution is -2.22. The molecule has 0 amide bonds. The molecule has 0 aromatic carbocycles. The van der Waals surface area contributed by atoms with E-state index in [0.717, 1.165) is 37.8 Å². The van der Waals surface area contributed by atoms with Gasteiger partial charge >= 0.3 is 0 Å². The Kier molecular flexibility index (Phi) is 5.20. The lowest BCUT2D eigenvalue weighted by atomic mass is 10.1. The van der Waals surface area contributed by atoms with Gasteiger partial charge in [-0.05, 0) is 49.9 Å². The predicted octanol–water partition coefficient (Wildman–Crippen LogP) is 3.13. The van der Waals surface area contributed by atoms with Crippen LogP contribution in [0.5, 0.6) is 0 Å². The maximum Gasteiger partial charge on any atom is 0.129 e. The zero-order valence-electron chi connectivity index (χ0n) is 12.6. The Bertz CT molecular complexity index is 399. The maximum absolute atomic E-state index is 4.81. The van der Waals surface area contributed by atoms with Crippen molar-refractivity contribution in [3.05, 3.63) is 23.4 Å². The number of anilines is 1. The van der Waals surface area contributed by atoms with E-state index < -0.39 is 0 Å². The van der Waals surface area contributed by atoms with E-state index in [1.165, 1.54) is 30.5 Å². The van der Waals surface area contributed by atoms with Crippen LogP contribution in [0, 0.1) is 0 Å². The molecule has 0 spiro atoms. The van der Waals surface area contributed by atoms with Crippen molar-refractivity contribution < 1.29 is 0 Å². The highest BCUT2D eigenvalue weighted by Gasteiger charge is 2.27. The molecular weight excluding hydrogens is 234 g/mol. The van der Waals surface area contributed by atoms with Gasteiger partial charge in [-0.3, -0.25) is 0 Å². The number of nitrogens with one attached hydrogen (secondary N) is 1. The number of aromatic nitrogens is 1. The number of pyridine rings is 1. The minimum atomic E-state index is 0.723. The molecule has 1 saturated carbocycles. The van der Waals surface area contributed by atoms with E-state index in [-0.39, 0.29) is 0 Å². The lowest BCUT2D eigenvalue weighted by Gasteiger charge is -2.19. The summed E-state index contributed by atoms with van der Waals surface area (Å²) in [4.78, 5) is 7.16. The highest BCUT2D eigenvalue weighted by Crippen LogP contribution is 2.29. The maximum atomic E-state index is 4.81. The first-order valence-corrected chi connectivity index (χ1v) is 7.68. The van der Waals surface area contributed by atoms with E-state index >= 15 is 0 Å². The van der Waals surface area contributed by atoms with Crippen LogP contribution in [-0.4, -0.2) is 24.6 Å². The number of hydrogen-bond acceptors (Lipinski definition) is 3. The van der Waals surface area contributed by atoms with Gasteiger partial charge in [-0.2, -0.15) is 0 Å². The Balaban J connectivity index is 2.11. The molecule has 1 aromatic rings. The molecule has 1 aliphatic rings. The summed E-state index contributed by atoms with van der Waals surface area (Å²) >= 11 is 0. The van der Waals surface area contributed by atoms with Crippen LogP contribution >= 0.6 is 0 Å². The van der Waals surface area contributed by atoms with Crippen LogP contribution in [-0.2, 0) is 13.0 Å². The van der Waals surface area contributed by atoms with E-state index in [1.807, 2.05) is 0 Å². The lowest BCUT2D eigenvalue weighted by molar-refractivity contribution is 0.673. The van der Waals surface area contributed by atoms with Crippen LogP contribution in [0.3, 0.4) is 0 Å². The Hall–Kier alpha value is -1.09. The minimum Gasteiger partial charge on any atom is -0.357 e. The van der Waals surface area contributed by atoms with Crippen molar-refractivity contribution in [1.29, 1.82) is 0 Å². The molecule has 3 heteroatoms. The summed E-state index contributed by atoms with van der Waals surface area (Å²) in [6.45, 7) is 6.46. The Morgan fingerprint density at radius 2 is 2.05 bits per heavy atom. The van der Waals surface area contributed by atoms with Crippen molar-refractivity contribution in [3.63, 3.8) is 0 Å². The normalized spacial score (nSPS) is 14.7. The summed E-state index contributed by atoms with van der Waals surface area (Å²) < 4.78 is 0. The summed E-state index contributed by atoms with van der Waals surface area (Å²) in [6, 6.07) is 5.23. The van der Waals surface area contributed by atoms with Gasteiger partial charge in [-0.15, -0.1) is 0 Å². The van der Waals surface area contributed by atoms with Crippen molar-refractivity contribution in [2.45, 2.75) is 58.5 Å². The Morgan fingerprint density at radius 1 is 1.26 bits per heavy atom. The molecule has 0 aliphatic heterocycles. The van der Waals surface area contributed by atoms with Crippen LogP contribution < -0.4 is 10.2 Å². The number of aryl methyl sites for hydroxylation is 1. The molecule has 1 fully saturated rings. The first-order chi connectivity index (χ1) is 9.24. The van der Waals surface area contributed by atoms with Gasteiger partial charge in [-0.1, -0.05) is 20.3 Å². The average Bonchev–Trinajstić information content (AvgIpc) is 3.23. The fourth-order valence-corrected chi connectivity index (χ4v) is 2.36. The van der Waals surface area contributed by atoms with E-state index in [2.05, 4.69) is 43.2 Å². The Labute approximate surface area is 117 Å². The second-order valence-electron chi connectivity index (χ2n) is 5.59. The van der Waals surface area contributed by atoms with Crippen LogP contribution in [0.25, 0.3) is 0 Å². The standard InChI is InChI=1S/C16H27N3/c1-4-6-14-10-13(12-17-9-5-2)11-16(18-14)19(3)15-7-8-15/h10-11,15,17H,4-9,12H2,1-3H3. The van der Waals surface area contributed by atoms with E-state index in [4.69, 9.17) is 4.98 Å². The first-order valence-electron chi connectivity index (χ1n) is 7.68. The third-order valence-corrected chi connectivity index (χ3v) is 3.64. The molecule has 1 heterocycles. The molecule has 0 saturated heterocycles. The van der Waals surface area contributed by atoms with Crippen LogP contribution in [0.1, 0.15) is 50.8 Å². The van der Waals surface area contributed by atoms with Gasteiger partial charge in [0, 0.05) is 25.3 Å². The smallest absolute Gasteiger partial charge is 0.129 e. The third-order valence-electron chi connectivity index (χ3n) is 3.64. The van der Waals surface area contributed by atoms with Crippen molar-refractivity contribution in [2.75, 3.05) is 18.5 Å². The van der Waals surface area contributed by atoms with Gasteiger partial charge in [0.2, 0.25) is 0 Å². The molecule has 106 valence electrons. The van der Waals surface area contributed by atoms with Crippen molar-refractivity contribution in [3.8, 4) is 0 Å². The number of rotatable bonds is 8. The van der Waals surface area contributed by atoms with Gasteiger partial charge in [-0.25, -0.2) is 4.98 Å². The summed E-state index contributed by atoms with van der Waals surface area (Å²) in [7, 11) is 2.18. The minimum absolute atomic E-state index is 0.723. The third kappa shape index (κ3) is 4.20. The zero-order valence-corrected chi connectivity index (χ0v) is 12.6. The van der Waals surface area contributed by atoms with Crippen molar-refractivity contribution in [1.82, 2.24) is 10.3 Å². The molecule has 0 radical (unpaired) electrons. The molecule has 19 heavy (non-hydrogen) atoms. The Morgan fingerprint density at radius 3 is 2.68 bits per heavy atom. The highest BCUT2D eigenvalue weighted by atomic mass is 15.2. The molecule has 1 N–H and O–H groups in total. The van der Waals surface area contributed by atoms with Gasteiger partial charge in [0.1, 0.15) is 5.82 Å². The quantitative estimate of drug-likeness (QED) is 0.729. The zero-order chi connectivity index (χ0) is 13.7. The SMILES string of the molecule is CCCNCc1cc(CCC)nc(N(C)C2CC2)c1. The van der Waals surface area contributed by atoms with E-state index in [0.29, 0.717) is 0 Å². The molecule has 1 aromatic heterocycles.